The lowest BCUT2D eigenvalue weighted by molar-refractivity contribution is 0.152. The Labute approximate surface area is 118 Å². The molecule has 0 unspecified atom stereocenters. The summed E-state index contributed by atoms with van der Waals surface area (Å²) >= 11 is 0. The molecule has 1 saturated heterocycles. The zero-order chi connectivity index (χ0) is 15.2. The maximum atomic E-state index is 11.4. The van der Waals surface area contributed by atoms with Gasteiger partial charge in [0.1, 0.15) is 0 Å². The Morgan fingerprint density at radius 1 is 1.05 bits per heavy atom. The monoisotopic (exact) mass is 327 g/mol. The van der Waals surface area contributed by atoms with Crippen molar-refractivity contribution in [2.75, 3.05) is 13.1 Å². The number of nitrogens with zero attached hydrogens (tertiary/aromatic N) is 1. The van der Waals surface area contributed by atoms with Crippen LogP contribution in [0, 0.1) is 11.3 Å². The summed E-state index contributed by atoms with van der Waals surface area (Å²) < 4.78 is 22.9. The molecule has 0 aromatic heterocycles. The van der Waals surface area contributed by atoms with Crippen LogP contribution < -0.4 is 0 Å². The van der Waals surface area contributed by atoms with Crippen molar-refractivity contribution in [3.8, 4) is 0 Å². The summed E-state index contributed by atoms with van der Waals surface area (Å²) in [4.78, 5) is 38.4. The molecule has 2 fully saturated rings. The molecule has 9 heteroatoms. The summed E-state index contributed by atoms with van der Waals surface area (Å²) in [6.45, 7) is 2.91. The molecule has 20 heavy (non-hydrogen) atoms. The van der Waals surface area contributed by atoms with Gasteiger partial charge >= 0.3 is 15.2 Å². The van der Waals surface area contributed by atoms with Crippen LogP contribution in [0.1, 0.15) is 39.0 Å². The van der Waals surface area contributed by atoms with Crippen molar-refractivity contribution >= 4 is 15.2 Å². The van der Waals surface area contributed by atoms with Gasteiger partial charge < -0.3 is 19.6 Å². The van der Waals surface area contributed by atoms with Gasteiger partial charge in [-0.1, -0.05) is 19.8 Å². The first-order chi connectivity index (χ1) is 9.04. The van der Waals surface area contributed by atoms with E-state index in [4.69, 9.17) is 0 Å². The zero-order valence-electron chi connectivity index (χ0n) is 11.6. The van der Waals surface area contributed by atoms with Crippen LogP contribution in [-0.2, 0) is 9.13 Å². The average molecular weight is 327 g/mol. The van der Waals surface area contributed by atoms with Crippen molar-refractivity contribution in [1.29, 1.82) is 0 Å². The third kappa shape index (κ3) is 3.53. The maximum Gasteiger partial charge on any atom is 0.354 e. The summed E-state index contributed by atoms with van der Waals surface area (Å²) in [6, 6.07) is 0. The van der Waals surface area contributed by atoms with Crippen molar-refractivity contribution in [2.24, 2.45) is 11.3 Å². The molecule has 2 rings (SSSR count). The van der Waals surface area contributed by atoms with Crippen LogP contribution in [-0.4, -0.2) is 43.1 Å². The summed E-state index contributed by atoms with van der Waals surface area (Å²) in [7, 11) is -9.73. The van der Waals surface area contributed by atoms with Crippen molar-refractivity contribution in [1.82, 2.24) is 4.90 Å². The minimum atomic E-state index is -4.86. The molecule has 118 valence electrons. The van der Waals surface area contributed by atoms with Crippen LogP contribution in [0.4, 0.5) is 0 Å². The second-order valence-corrected chi connectivity index (χ2v) is 10.2. The SMILES string of the molecule is CC1CCC2(CC1)CCN(C(P(=O)(O)O)P(=O)(O)O)C2. The first-order valence-corrected chi connectivity index (χ1v) is 10.2. The molecule has 0 bridgehead atoms. The second-order valence-electron chi connectivity index (χ2n) is 6.43. The van der Waals surface area contributed by atoms with E-state index < -0.39 is 20.7 Å². The van der Waals surface area contributed by atoms with Gasteiger partial charge in [-0.05, 0) is 30.6 Å². The molecule has 0 atom stereocenters. The normalized spacial score (nSPS) is 33.2. The molecular formula is C11H23NO6P2. The summed E-state index contributed by atoms with van der Waals surface area (Å²) in [5.74, 6) is 0.661. The van der Waals surface area contributed by atoms with E-state index in [0.29, 0.717) is 19.0 Å². The lowest BCUT2D eigenvalue weighted by Gasteiger charge is -2.37. The Morgan fingerprint density at radius 2 is 1.55 bits per heavy atom. The Kier molecular flexibility index (Phi) is 4.55. The number of hydrogen-bond donors (Lipinski definition) is 4. The van der Waals surface area contributed by atoms with E-state index in [1.807, 2.05) is 0 Å². The Hall–Kier alpha value is 0.260. The zero-order valence-corrected chi connectivity index (χ0v) is 13.3. The highest BCUT2D eigenvalue weighted by atomic mass is 31.2. The van der Waals surface area contributed by atoms with Crippen LogP contribution in [0.2, 0.25) is 0 Å². The molecule has 2 aliphatic rings. The van der Waals surface area contributed by atoms with Gasteiger partial charge in [-0.2, -0.15) is 0 Å². The maximum absolute atomic E-state index is 11.4. The molecule has 0 aromatic rings. The third-order valence-corrected chi connectivity index (χ3v) is 8.39. The molecule has 1 spiro atoms. The minimum Gasteiger partial charge on any atom is -0.323 e. The largest absolute Gasteiger partial charge is 0.354 e. The fourth-order valence-corrected chi connectivity index (χ4v) is 6.38. The van der Waals surface area contributed by atoms with Crippen LogP contribution >= 0.6 is 15.2 Å². The van der Waals surface area contributed by atoms with Gasteiger partial charge in [0.05, 0.1) is 0 Å². The molecule has 1 aliphatic heterocycles. The molecular weight excluding hydrogens is 304 g/mol. The minimum absolute atomic E-state index is 0.0187. The number of hydrogen-bond acceptors (Lipinski definition) is 3. The first kappa shape index (κ1) is 16.6. The van der Waals surface area contributed by atoms with Crippen LogP contribution in [0.25, 0.3) is 0 Å². The highest BCUT2D eigenvalue weighted by Crippen LogP contribution is 2.63. The van der Waals surface area contributed by atoms with Gasteiger partial charge in [0.15, 0.2) is 0 Å². The third-order valence-electron chi connectivity index (χ3n) is 4.73. The van der Waals surface area contributed by atoms with E-state index in [1.54, 1.807) is 0 Å². The predicted molar refractivity (Wildman–Crippen MR) is 74.1 cm³/mol. The quantitative estimate of drug-likeness (QED) is 0.580. The Balaban J connectivity index is 2.15. The van der Waals surface area contributed by atoms with Gasteiger partial charge in [0, 0.05) is 13.1 Å². The van der Waals surface area contributed by atoms with E-state index in [0.717, 1.165) is 32.1 Å². The van der Waals surface area contributed by atoms with E-state index in [1.165, 1.54) is 4.90 Å². The fraction of sp³-hybridized carbons (Fsp3) is 1.00. The predicted octanol–water partition coefficient (Wildman–Crippen LogP) is 1.53. The molecule has 1 saturated carbocycles. The lowest BCUT2D eigenvalue weighted by atomic mass is 9.70. The van der Waals surface area contributed by atoms with Gasteiger partial charge in [-0.15, -0.1) is 0 Å². The fourth-order valence-electron chi connectivity index (χ4n) is 3.57. The molecule has 0 radical (unpaired) electrons. The second kappa shape index (κ2) is 5.47. The summed E-state index contributed by atoms with van der Waals surface area (Å²) in [5, 5.41) is 0. The van der Waals surface area contributed by atoms with E-state index in [-0.39, 0.29) is 5.41 Å². The standard InChI is InChI=1S/C11H23NO6P2/c1-9-2-4-11(5-3-9)6-7-12(8-11)10(19(13,14)15)20(16,17)18/h9-10H,2-8H2,1H3,(H2,13,14,15)(H2,16,17,18). The Bertz CT molecular complexity index is 428. The topological polar surface area (TPSA) is 118 Å². The molecule has 7 nitrogen and oxygen atoms in total. The first-order valence-electron chi connectivity index (χ1n) is 6.88. The molecule has 1 aliphatic carbocycles. The molecule has 4 N–H and O–H groups in total. The van der Waals surface area contributed by atoms with Crippen molar-refractivity contribution in [3.63, 3.8) is 0 Å². The van der Waals surface area contributed by atoms with E-state index >= 15 is 0 Å². The lowest BCUT2D eigenvalue weighted by Crippen LogP contribution is -2.36. The molecule has 1 heterocycles. The van der Waals surface area contributed by atoms with E-state index in [9.17, 15) is 28.7 Å². The summed E-state index contributed by atoms with van der Waals surface area (Å²) in [6.07, 6.45) is 4.85. The van der Waals surface area contributed by atoms with Crippen LogP contribution in [0.5, 0.6) is 0 Å². The van der Waals surface area contributed by atoms with E-state index in [2.05, 4.69) is 6.92 Å². The van der Waals surface area contributed by atoms with Gasteiger partial charge in [-0.25, -0.2) is 0 Å². The highest BCUT2D eigenvalue weighted by molar-refractivity contribution is 7.70. The Morgan fingerprint density at radius 3 is 2.00 bits per heavy atom. The van der Waals surface area contributed by atoms with Crippen LogP contribution in [0.3, 0.4) is 0 Å². The average Bonchev–Trinajstić information content (AvgIpc) is 2.63. The molecule has 0 aromatic carbocycles. The van der Waals surface area contributed by atoms with Gasteiger partial charge in [0.2, 0.25) is 5.52 Å². The van der Waals surface area contributed by atoms with Crippen molar-refractivity contribution in [2.45, 2.75) is 44.6 Å². The van der Waals surface area contributed by atoms with Gasteiger partial charge in [0.25, 0.3) is 0 Å². The number of rotatable bonds is 3. The summed E-state index contributed by atoms with van der Waals surface area (Å²) in [5.41, 5.74) is -2.00. The number of likely N-dealkylation sites (tertiary alicyclic amines) is 1. The van der Waals surface area contributed by atoms with Crippen molar-refractivity contribution in [3.05, 3.63) is 0 Å². The highest BCUT2D eigenvalue weighted by Gasteiger charge is 2.52. The molecule has 0 amide bonds. The smallest absolute Gasteiger partial charge is 0.323 e. The van der Waals surface area contributed by atoms with Crippen molar-refractivity contribution < 1.29 is 28.7 Å². The van der Waals surface area contributed by atoms with Crippen LogP contribution in [0.15, 0.2) is 0 Å². The van der Waals surface area contributed by atoms with Gasteiger partial charge in [-0.3, -0.25) is 14.0 Å².